The Morgan fingerprint density at radius 2 is 2.06 bits per heavy atom. The van der Waals surface area contributed by atoms with Crippen LogP contribution in [0, 0.1) is 5.82 Å². The summed E-state index contributed by atoms with van der Waals surface area (Å²) in [6.07, 6.45) is -0.175. The minimum absolute atomic E-state index is 0.0556. The fraction of sp³-hybridized carbons (Fsp3) is 0.273. The minimum atomic E-state index is -0.544. The number of Topliss-reactive ketones (excluding diaryl/α,β-unsaturated/α-hetero) is 1. The van der Waals surface area contributed by atoms with E-state index < -0.39 is 5.82 Å². The van der Waals surface area contributed by atoms with Crippen molar-refractivity contribution in [3.05, 3.63) is 29.0 Å². The summed E-state index contributed by atoms with van der Waals surface area (Å²) in [4.78, 5) is 23.6. The summed E-state index contributed by atoms with van der Waals surface area (Å²) in [5.74, 6) is -1.11. The van der Waals surface area contributed by atoms with Gasteiger partial charge in [-0.05, 0) is 25.1 Å². The first kappa shape index (κ1) is 12.6. The fourth-order valence-corrected chi connectivity index (χ4v) is 1.34. The molecule has 0 N–H and O–H groups in total. The molecule has 3 nitrogen and oxygen atoms in total. The maximum Gasteiger partial charge on any atom is 0.234 e. The molecule has 0 aliphatic carbocycles. The zero-order valence-electron chi connectivity index (χ0n) is 8.96. The summed E-state index contributed by atoms with van der Waals surface area (Å²) >= 11 is 5.59. The minimum Gasteiger partial charge on any atom is -0.315 e. The normalized spacial score (nSPS) is 10.0. The van der Waals surface area contributed by atoms with Gasteiger partial charge in [0, 0.05) is 12.7 Å². The van der Waals surface area contributed by atoms with Gasteiger partial charge in [-0.25, -0.2) is 4.39 Å². The van der Waals surface area contributed by atoms with Crippen LogP contribution in [0.2, 0.25) is 5.02 Å². The quantitative estimate of drug-likeness (QED) is 0.765. The Balaban J connectivity index is 2.87. The molecule has 1 rings (SSSR count). The highest BCUT2D eigenvalue weighted by atomic mass is 35.5. The van der Waals surface area contributed by atoms with Crippen LogP contribution in [0.1, 0.15) is 13.3 Å². The SMILES string of the molecule is CC(=O)CC(=O)N(C)c1ccc(F)c(Cl)c1. The number of halogens is 2. The molecular weight excluding hydrogens is 233 g/mol. The van der Waals surface area contributed by atoms with Crippen molar-refractivity contribution in [3.8, 4) is 0 Å². The number of nitrogens with zero attached hydrogens (tertiary/aromatic N) is 1. The highest BCUT2D eigenvalue weighted by Crippen LogP contribution is 2.22. The number of hydrogen-bond donors (Lipinski definition) is 0. The van der Waals surface area contributed by atoms with Crippen molar-refractivity contribution in [1.29, 1.82) is 0 Å². The van der Waals surface area contributed by atoms with E-state index in [0.29, 0.717) is 5.69 Å². The van der Waals surface area contributed by atoms with E-state index in [1.54, 1.807) is 0 Å². The molecule has 0 aliphatic heterocycles. The lowest BCUT2D eigenvalue weighted by Crippen LogP contribution is -2.27. The molecular formula is C11H11ClFNO2. The molecule has 0 radical (unpaired) electrons. The van der Waals surface area contributed by atoms with Gasteiger partial charge in [0.25, 0.3) is 0 Å². The van der Waals surface area contributed by atoms with Gasteiger partial charge in [0.2, 0.25) is 5.91 Å². The van der Waals surface area contributed by atoms with Gasteiger partial charge in [0.15, 0.2) is 0 Å². The molecule has 0 aliphatic rings. The number of anilines is 1. The number of benzene rings is 1. The first-order valence-electron chi connectivity index (χ1n) is 4.63. The predicted octanol–water partition coefficient (Wildman–Crippen LogP) is 2.42. The van der Waals surface area contributed by atoms with Gasteiger partial charge in [-0.1, -0.05) is 11.6 Å². The van der Waals surface area contributed by atoms with Gasteiger partial charge in [0.05, 0.1) is 11.4 Å². The van der Waals surface area contributed by atoms with E-state index >= 15 is 0 Å². The molecule has 1 aromatic carbocycles. The van der Waals surface area contributed by atoms with Crippen LogP contribution in [0.5, 0.6) is 0 Å². The van der Waals surface area contributed by atoms with E-state index in [1.165, 1.54) is 37.1 Å². The molecule has 0 saturated carbocycles. The lowest BCUT2D eigenvalue weighted by Gasteiger charge is -2.16. The van der Waals surface area contributed by atoms with Crippen LogP contribution in [-0.2, 0) is 9.59 Å². The Morgan fingerprint density at radius 3 is 2.56 bits per heavy atom. The number of rotatable bonds is 3. The van der Waals surface area contributed by atoms with Gasteiger partial charge in [-0.3, -0.25) is 9.59 Å². The monoisotopic (exact) mass is 243 g/mol. The molecule has 0 atom stereocenters. The summed E-state index contributed by atoms with van der Waals surface area (Å²) in [7, 11) is 1.51. The second-order valence-electron chi connectivity index (χ2n) is 3.43. The second kappa shape index (κ2) is 5.07. The summed E-state index contributed by atoms with van der Waals surface area (Å²) in [6.45, 7) is 1.34. The van der Waals surface area contributed by atoms with Crippen LogP contribution in [0.25, 0.3) is 0 Å². The topological polar surface area (TPSA) is 37.4 Å². The average Bonchev–Trinajstić information content (AvgIpc) is 2.20. The van der Waals surface area contributed by atoms with Crippen molar-refractivity contribution < 1.29 is 14.0 Å². The van der Waals surface area contributed by atoms with Crippen molar-refractivity contribution in [3.63, 3.8) is 0 Å². The standard InChI is InChI=1S/C11H11ClFNO2/c1-7(15)5-11(16)14(2)8-3-4-10(13)9(12)6-8/h3-4,6H,5H2,1-2H3. The number of hydrogen-bond acceptors (Lipinski definition) is 2. The fourth-order valence-electron chi connectivity index (χ4n) is 1.17. The lowest BCUT2D eigenvalue weighted by molar-refractivity contribution is -0.125. The van der Waals surface area contributed by atoms with Gasteiger partial charge in [0.1, 0.15) is 11.6 Å². The number of amides is 1. The van der Waals surface area contributed by atoms with Gasteiger partial charge in [-0.2, -0.15) is 0 Å². The van der Waals surface area contributed by atoms with Crippen LogP contribution in [-0.4, -0.2) is 18.7 Å². The molecule has 1 amide bonds. The van der Waals surface area contributed by atoms with Crippen LogP contribution < -0.4 is 4.90 Å². The molecule has 16 heavy (non-hydrogen) atoms. The Hall–Kier alpha value is -1.42. The van der Waals surface area contributed by atoms with Crippen molar-refractivity contribution in [2.75, 3.05) is 11.9 Å². The average molecular weight is 244 g/mol. The second-order valence-corrected chi connectivity index (χ2v) is 3.84. The first-order chi connectivity index (χ1) is 7.41. The van der Waals surface area contributed by atoms with Gasteiger partial charge >= 0.3 is 0 Å². The summed E-state index contributed by atoms with van der Waals surface area (Å²) < 4.78 is 12.9. The number of carbonyl (C=O) groups is 2. The van der Waals surface area contributed by atoms with Crippen LogP contribution >= 0.6 is 11.6 Å². The van der Waals surface area contributed by atoms with Crippen molar-refractivity contribution in [1.82, 2.24) is 0 Å². The molecule has 0 bridgehead atoms. The third kappa shape index (κ3) is 3.03. The molecule has 0 unspecified atom stereocenters. The third-order valence-corrected chi connectivity index (χ3v) is 2.35. The first-order valence-corrected chi connectivity index (χ1v) is 5.00. The van der Waals surface area contributed by atoms with Crippen LogP contribution in [0.4, 0.5) is 10.1 Å². The molecule has 1 aromatic rings. The van der Waals surface area contributed by atoms with E-state index in [1.807, 2.05) is 0 Å². The van der Waals surface area contributed by atoms with Crippen LogP contribution in [0.3, 0.4) is 0 Å². The Morgan fingerprint density at radius 1 is 1.44 bits per heavy atom. The van der Waals surface area contributed by atoms with Crippen molar-refractivity contribution in [2.24, 2.45) is 0 Å². The van der Waals surface area contributed by atoms with E-state index in [-0.39, 0.29) is 23.1 Å². The summed E-state index contributed by atoms with van der Waals surface area (Å²) in [6, 6.07) is 3.95. The van der Waals surface area contributed by atoms with E-state index in [0.717, 1.165) is 0 Å². The summed E-state index contributed by atoms with van der Waals surface area (Å²) in [5.41, 5.74) is 0.456. The molecule has 0 aromatic heterocycles. The number of ketones is 1. The maximum atomic E-state index is 12.9. The van der Waals surface area contributed by atoms with Crippen LogP contribution in [0.15, 0.2) is 18.2 Å². The molecule has 5 heteroatoms. The molecule has 0 saturated heterocycles. The maximum absolute atomic E-state index is 12.9. The number of carbonyl (C=O) groups excluding carboxylic acids is 2. The van der Waals surface area contributed by atoms with Gasteiger partial charge in [-0.15, -0.1) is 0 Å². The predicted molar refractivity (Wildman–Crippen MR) is 60.1 cm³/mol. The third-order valence-electron chi connectivity index (χ3n) is 2.06. The smallest absolute Gasteiger partial charge is 0.234 e. The molecule has 0 spiro atoms. The Bertz CT molecular complexity index is 434. The highest BCUT2D eigenvalue weighted by Gasteiger charge is 2.13. The van der Waals surface area contributed by atoms with Crippen molar-refractivity contribution >= 4 is 29.0 Å². The lowest BCUT2D eigenvalue weighted by atomic mass is 10.2. The zero-order valence-corrected chi connectivity index (χ0v) is 9.71. The van der Waals surface area contributed by atoms with E-state index in [2.05, 4.69) is 0 Å². The Kier molecular flexibility index (Phi) is 4.01. The highest BCUT2D eigenvalue weighted by molar-refractivity contribution is 6.31. The molecule has 0 heterocycles. The largest absolute Gasteiger partial charge is 0.315 e. The van der Waals surface area contributed by atoms with E-state index in [9.17, 15) is 14.0 Å². The molecule has 86 valence electrons. The van der Waals surface area contributed by atoms with Crippen molar-refractivity contribution in [2.45, 2.75) is 13.3 Å². The van der Waals surface area contributed by atoms with E-state index in [4.69, 9.17) is 11.6 Å². The zero-order chi connectivity index (χ0) is 12.3. The Labute approximate surface area is 97.8 Å². The van der Waals surface area contributed by atoms with Gasteiger partial charge < -0.3 is 4.90 Å². The molecule has 0 fully saturated rings. The summed E-state index contributed by atoms with van der Waals surface area (Å²) in [5, 5.41) is -0.0556.